The first-order valence-electron chi connectivity index (χ1n) is 8.69. The molecule has 20 heteroatoms. The van der Waals surface area contributed by atoms with Gasteiger partial charge < -0.3 is 58.7 Å². The van der Waals surface area contributed by atoms with Crippen LogP contribution in [0.1, 0.15) is 0 Å². The van der Waals surface area contributed by atoms with Gasteiger partial charge in [-0.25, -0.2) is 18.3 Å². The Kier molecular flexibility index (Phi) is 13.1. The van der Waals surface area contributed by atoms with Crippen molar-refractivity contribution in [3.63, 3.8) is 0 Å². The molecule has 0 amide bonds. The monoisotopic (exact) mass is 594 g/mol. The lowest BCUT2D eigenvalue weighted by molar-refractivity contribution is 0.272. The van der Waals surface area contributed by atoms with Crippen LogP contribution in [0.4, 0.5) is 0 Å². The van der Waals surface area contributed by atoms with Crippen molar-refractivity contribution in [2.45, 2.75) is 0 Å². The highest BCUT2D eigenvalue weighted by molar-refractivity contribution is 7.45. The van der Waals surface area contributed by atoms with E-state index in [0.717, 1.165) is 0 Å². The molecule has 12 N–H and O–H groups in total. The van der Waals surface area contributed by atoms with Crippen LogP contribution in [0.5, 0.6) is 0 Å². The molecule has 202 valence electrons. The summed E-state index contributed by atoms with van der Waals surface area (Å²) in [7, 11) is -18.6. The maximum absolute atomic E-state index is 8.88. The molecule has 0 unspecified atom stereocenters. The Labute approximate surface area is 201 Å². The second-order valence-corrected chi connectivity index (χ2v) is 10.4. The Bertz CT molecular complexity index is 1190. The fourth-order valence-corrected chi connectivity index (χ4v) is 2.67. The molecule has 0 spiro atoms. The van der Waals surface area contributed by atoms with Crippen LogP contribution in [0, 0.1) is 0 Å². The zero-order valence-electron chi connectivity index (χ0n) is 17.6. The summed E-state index contributed by atoms with van der Waals surface area (Å²) in [5.41, 5.74) is 0. The highest BCUT2D eigenvalue weighted by Gasteiger charge is 2.06. The van der Waals surface area contributed by atoms with E-state index in [1.54, 1.807) is 0 Å². The molecule has 0 heterocycles. The molecule has 0 fully saturated rings. The molecule has 0 aliphatic rings. The van der Waals surface area contributed by atoms with Crippen LogP contribution in [0.2, 0.25) is 0 Å². The van der Waals surface area contributed by atoms with Gasteiger partial charge in [-0.15, -0.1) is 0 Å². The van der Waals surface area contributed by atoms with Gasteiger partial charge in [0.15, 0.2) is 0 Å². The van der Waals surface area contributed by atoms with Gasteiger partial charge in [0, 0.05) is 0 Å². The summed E-state index contributed by atoms with van der Waals surface area (Å²) in [5.74, 6) is 0. The lowest BCUT2D eigenvalue weighted by atomic mass is 9.95. The van der Waals surface area contributed by atoms with E-state index in [2.05, 4.69) is 60.7 Å². The fourth-order valence-electron chi connectivity index (χ4n) is 2.67. The second-order valence-electron chi connectivity index (χ2n) is 6.34. The number of phosphoric acid groups is 4. The molecule has 4 aromatic carbocycles. The number of hydrogen-bond donors (Lipinski definition) is 12. The highest BCUT2D eigenvalue weighted by atomic mass is 31.2. The third-order valence-corrected chi connectivity index (χ3v) is 3.39. The minimum atomic E-state index is -4.64. The summed E-state index contributed by atoms with van der Waals surface area (Å²) in [6.07, 6.45) is 0. The van der Waals surface area contributed by atoms with Crippen molar-refractivity contribution in [3.8, 4) is 0 Å². The van der Waals surface area contributed by atoms with Gasteiger partial charge in [0.2, 0.25) is 0 Å². The van der Waals surface area contributed by atoms with Crippen molar-refractivity contribution in [3.05, 3.63) is 60.7 Å². The molecule has 0 aliphatic heterocycles. The van der Waals surface area contributed by atoms with Gasteiger partial charge in [-0.2, -0.15) is 0 Å². The van der Waals surface area contributed by atoms with E-state index in [-0.39, 0.29) is 0 Å². The number of hydrogen-bond acceptors (Lipinski definition) is 4. The standard InChI is InChI=1S/C16H10.4H3O4P/c1-3-11-7-9-13-5-2-6-14-10-8-12(4-1)15(11)16(13)14;4*1-5(2,3)4/h1-10H;4*(H3,1,2,3,4). The smallest absolute Gasteiger partial charge is 0.303 e. The van der Waals surface area contributed by atoms with E-state index in [1.807, 2.05) is 0 Å². The van der Waals surface area contributed by atoms with Crippen LogP contribution < -0.4 is 0 Å². The lowest BCUT2D eigenvalue weighted by Gasteiger charge is -2.09. The molecule has 0 saturated carbocycles. The van der Waals surface area contributed by atoms with Gasteiger partial charge in [-0.1, -0.05) is 60.7 Å². The summed E-state index contributed by atoms with van der Waals surface area (Å²) in [6.45, 7) is 0. The summed E-state index contributed by atoms with van der Waals surface area (Å²) in [6, 6.07) is 21.9. The van der Waals surface area contributed by atoms with Gasteiger partial charge in [0.05, 0.1) is 0 Å². The van der Waals surface area contributed by atoms with E-state index in [0.29, 0.717) is 0 Å². The molecule has 0 radical (unpaired) electrons. The Balaban J connectivity index is 0.000000513. The van der Waals surface area contributed by atoms with Crippen LogP contribution in [-0.2, 0) is 18.3 Å². The van der Waals surface area contributed by atoms with Crippen molar-refractivity contribution in [2.24, 2.45) is 0 Å². The molecule has 0 bridgehead atoms. The van der Waals surface area contributed by atoms with E-state index in [1.165, 1.54) is 32.3 Å². The molecule has 0 aromatic heterocycles. The summed E-state index contributed by atoms with van der Waals surface area (Å²) in [5, 5.41) is 8.14. The van der Waals surface area contributed by atoms with E-state index in [4.69, 9.17) is 77.0 Å². The van der Waals surface area contributed by atoms with Crippen LogP contribution in [0.25, 0.3) is 32.3 Å². The largest absolute Gasteiger partial charge is 0.466 e. The third-order valence-electron chi connectivity index (χ3n) is 3.39. The zero-order valence-corrected chi connectivity index (χ0v) is 21.1. The van der Waals surface area contributed by atoms with Gasteiger partial charge in [0.25, 0.3) is 0 Å². The van der Waals surface area contributed by atoms with Crippen molar-refractivity contribution < 1.29 is 77.0 Å². The van der Waals surface area contributed by atoms with Gasteiger partial charge in [-0.3, -0.25) is 0 Å². The van der Waals surface area contributed by atoms with Crippen molar-refractivity contribution in [1.82, 2.24) is 0 Å². The molecule has 0 atom stereocenters. The van der Waals surface area contributed by atoms with Crippen LogP contribution >= 0.6 is 31.3 Å². The van der Waals surface area contributed by atoms with E-state index in [9.17, 15) is 0 Å². The van der Waals surface area contributed by atoms with Gasteiger partial charge >= 0.3 is 31.3 Å². The number of rotatable bonds is 0. The van der Waals surface area contributed by atoms with Crippen LogP contribution in [0.3, 0.4) is 0 Å². The molecular weight excluding hydrogens is 572 g/mol. The highest BCUT2D eigenvalue weighted by Crippen LogP contribution is 2.34. The van der Waals surface area contributed by atoms with Gasteiger partial charge in [0.1, 0.15) is 0 Å². The Morgan fingerprint density at radius 1 is 0.333 bits per heavy atom. The molecule has 0 aliphatic carbocycles. The fraction of sp³-hybridized carbons (Fsp3) is 0. The van der Waals surface area contributed by atoms with Crippen molar-refractivity contribution in [1.29, 1.82) is 0 Å². The van der Waals surface area contributed by atoms with Gasteiger partial charge in [-0.05, 0) is 32.3 Å². The van der Waals surface area contributed by atoms with Crippen molar-refractivity contribution >= 4 is 63.6 Å². The molecule has 4 aromatic rings. The Hall–Kier alpha value is -1.64. The second kappa shape index (κ2) is 13.8. The van der Waals surface area contributed by atoms with Crippen LogP contribution in [0.15, 0.2) is 60.7 Å². The maximum Gasteiger partial charge on any atom is 0.466 e. The molecule has 16 nitrogen and oxygen atoms in total. The molecule has 36 heavy (non-hydrogen) atoms. The first-order chi connectivity index (χ1) is 15.9. The minimum Gasteiger partial charge on any atom is -0.303 e. The zero-order chi connectivity index (χ0) is 28.5. The predicted octanol–water partition coefficient (Wildman–Crippen LogP) is 0.870. The maximum atomic E-state index is 8.88. The quantitative estimate of drug-likeness (QED) is 0.0992. The normalized spacial score (nSPS) is 11.8. The average molecular weight is 594 g/mol. The Morgan fingerprint density at radius 3 is 0.611 bits per heavy atom. The van der Waals surface area contributed by atoms with Crippen molar-refractivity contribution in [2.75, 3.05) is 0 Å². The lowest BCUT2D eigenvalue weighted by Crippen LogP contribution is -1.82. The topological polar surface area (TPSA) is 311 Å². The minimum absolute atomic E-state index is 1.34. The van der Waals surface area contributed by atoms with E-state index >= 15 is 0 Å². The molecule has 4 rings (SSSR count). The number of benzene rings is 4. The third kappa shape index (κ3) is 19.5. The average Bonchev–Trinajstić information content (AvgIpc) is 2.61. The predicted molar refractivity (Wildman–Crippen MR) is 127 cm³/mol. The molecular formula is C16H22O16P4. The SMILES string of the molecule is O=P(O)(O)O.O=P(O)(O)O.O=P(O)(O)O.O=P(O)(O)O.c1cc2ccc3cccc4ccc(c1)c2c34. The summed E-state index contributed by atoms with van der Waals surface area (Å²) >= 11 is 0. The van der Waals surface area contributed by atoms with Crippen LogP contribution in [-0.4, -0.2) is 58.7 Å². The molecule has 0 saturated heterocycles. The van der Waals surface area contributed by atoms with E-state index < -0.39 is 31.3 Å². The first-order valence-corrected chi connectivity index (χ1v) is 15.0. The summed E-state index contributed by atoms with van der Waals surface area (Å²) in [4.78, 5) is 86.2. The summed E-state index contributed by atoms with van der Waals surface area (Å²) < 4.78 is 35.5. The first kappa shape index (κ1) is 34.4. The Morgan fingerprint density at radius 2 is 0.472 bits per heavy atom.